The van der Waals surface area contributed by atoms with Gasteiger partial charge in [0.1, 0.15) is 12.1 Å². The van der Waals surface area contributed by atoms with Crippen LogP contribution < -0.4 is 11.1 Å². The Morgan fingerprint density at radius 2 is 1.40 bits per heavy atom. The minimum atomic E-state index is -2.34. The van der Waals surface area contributed by atoms with Gasteiger partial charge in [0.15, 0.2) is 23.3 Å². The summed E-state index contributed by atoms with van der Waals surface area (Å²) in [7, 11) is 3.71. The molecule has 7 nitrogen and oxygen atoms in total. The number of carbonyl (C=O) groups excluding carboxylic acids is 3. The Bertz CT molecular complexity index is 1240. The van der Waals surface area contributed by atoms with Crippen molar-refractivity contribution in [3.05, 3.63) is 82.7 Å². The first-order chi connectivity index (χ1) is 18.6. The highest BCUT2D eigenvalue weighted by atomic mass is 19.2. The third-order valence-corrected chi connectivity index (χ3v) is 6.34. The van der Waals surface area contributed by atoms with E-state index < -0.39 is 76.4 Å². The summed E-state index contributed by atoms with van der Waals surface area (Å²) in [5, 5.41) is 2.24. The van der Waals surface area contributed by atoms with Crippen molar-refractivity contribution in [2.45, 2.75) is 50.7 Å². The standard InChI is InChI=1S/C28H33F5N4O3/c1-28(2,34)13-9-12-20(38)36(4)19(14-16-10-7-6-8-11-16)27(40)37(5)18(26(39)35-3)15-17-21(29)23(31)25(33)24(32)22(17)30/h6-12,18-19H,13-15,34H2,1-5H3,(H,35,39)/b12-9+. The third kappa shape index (κ3) is 7.87. The maximum absolute atomic E-state index is 14.5. The summed E-state index contributed by atoms with van der Waals surface area (Å²) in [6.07, 6.45) is 2.17. The molecule has 2 rings (SSSR count). The van der Waals surface area contributed by atoms with Gasteiger partial charge in [-0.3, -0.25) is 14.4 Å². The number of nitrogens with one attached hydrogen (secondary N) is 1. The number of benzene rings is 2. The van der Waals surface area contributed by atoms with Crippen LogP contribution in [0.4, 0.5) is 22.0 Å². The second kappa shape index (κ2) is 13.5. The van der Waals surface area contributed by atoms with Crippen LogP contribution in [0, 0.1) is 29.1 Å². The first kappa shape index (κ1) is 32.4. The molecule has 2 aromatic carbocycles. The van der Waals surface area contributed by atoms with Crippen LogP contribution >= 0.6 is 0 Å². The molecular formula is C28H33F5N4O3. The molecule has 0 bridgehead atoms. The number of carbonyl (C=O) groups is 3. The lowest BCUT2D eigenvalue weighted by Gasteiger charge is -2.34. The lowest BCUT2D eigenvalue weighted by atomic mass is 9.99. The van der Waals surface area contributed by atoms with E-state index in [0.717, 1.165) is 16.8 Å². The number of nitrogens with two attached hydrogens (primary N) is 1. The lowest BCUT2D eigenvalue weighted by Crippen LogP contribution is -2.55. The number of nitrogens with zero attached hydrogens (tertiary/aromatic N) is 2. The average molecular weight is 569 g/mol. The zero-order chi connectivity index (χ0) is 30.4. The van der Waals surface area contributed by atoms with Gasteiger partial charge < -0.3 is 20.9 Å². The Morgan fingerprint density at radius 3 is 1.90 bits per heavy atom. The van der Waals surface area contributed by atoms with Gasteiger partial charge in [-0.25, -0.2) is 22.0 Å². The zero-order valence-electron chi connectivity index (χ0n) is 22.9. The molecule has 2 aromatic rings. The summed E-state index contributed by atoms with van der Waals surface area (Å²) < 4.78 is 70.1. The van der Waals surface area contributed by atoms with Crippen molar-refractivity contribution in [1.82, 2.24) is 15.1 Å². The van der Waals surface area contributed by atoms with Gasteiger partial charge in [0.05, 0.1) is 0 Å². The molecule has 3 N–H and O–H groups in total. The molecule has 0 aliphatic heterocycles. The van der Waals surface area contributed by atoms with E-state index in [1.807, 2.05) is 0 Å². The zero-order valence-corrected chi connectivity index (χ0v) is 22.9. The molecule has 0 radical (unpaired) electrons. The summed E-state index contributed by atoms with van der Waals surface area (Å²) in [5.41, 5.74) is 4.77. The molecule has 0 saturated carbocycles. The van der Waals surface area contributed by atoms with E-state index >= 15 is 0 Å². The summed E-state index contributed by atoms with van der Waals surface area (Å²) >= 11 is 0. The van der Waals surface area contributed by atoms with Crippen molar-refractivity contribution in [2.75, 3.05) is 21.1 Å². The Labute approximate surface area is 229 Å². The van der Waals surface area contributed by atoms with Crippen LogP contribution in [0.2, 0.25) is 0 Å². The van der Waals surface area contributed by atoms with Gasteiger partial charge in [0, 0.05) is 45.1 Å². The molecule has 0 spiro atoms. The first-order valence-electron chi connectivity index (χ1n) is 12.3. The Hall–Kier alpha value is -3.80. The smallest absolute Gasteiger partial charge is 0.246 e. The lowest BCUT2D eigenvalue weighted by molar-refractivity contribution is -0.146. The van der Waals surface area contributed by atoms with Crippen LogP contribution in [-0.2, 0) is 27.2 Å². The van der Waals surface area contributed by atoms with Crippen molar-refractivity contribution in [2.24, 2.45) is 5.73 Å². The maximum atomic E-state index is 14.5. The average Bonchev–Trinajstić information content (AvgIpc) is 2.92. The van der Waals surface area contributed by atoms with Crippen molar-refractivity contribution in [1.29, 1.82) is 0 Å². The number of likely N-dealkylation sites (N-methyl/N-ethyl adjacent to an activating group) is 3. The van der Waals surface area contributed by atoms with Gasteiger partial charge in [-0.05, 0) is 31.9 Å². The van der Waals surface area contributed by atoms with Crippen LogP contribution in [0.1, 0.15) is 31.4 Å². The summed E-state index contributed by atoms with van der Waals surface area (Å²) in [5.74, 6) is -13.2. The summed E-state index contributed by atoms with van der Waals surface area (Å²) in [4.78, 5) is 41.4. The van der Waals surface area contributed by atoms with Crippen molar-refractivity contribution >= 4 is 17.7 Å². The van der Waals surface area contributed by atoms with Crippen LogP contribution in [0.5, 0.6) is 0 Å². The van der Waals surface area contributed by atoms with Gasteiger partial charge in [0.2, 0.25) is 23.5 Å². The largest absolute Gasteiger partial charge is 0.357 e. The van der Waals surface area contributed by atoms with E-state index in [-0.39, 0.29) is 6.42 Å². The first-order valence-corrected chi connectivity index (χ1v) is 12.3. The Kier molecular flexibility index (Phi) is 10.9. The Balaban J connectivity index is 2.48. The number of halogens is 5. The van der Waals surface area contributed by atoms with E-state index in [1.165, 1.54) is 20.2 Å². The van der Waals surface area contributed by atoms with Gasteiger partial charge in [-0.1, -0.05) is 36.4 Å². The maximum Gasteiger partial charge on any atom is 0.246 e. The highest BCUT2D eigenvalue weighted by molar-refractivity contribution is 5.95. The molecule has 218 valence electrons. The van der Waals surface area contributed by atoms with E-state index in [1.54, 1.807) is 50.3 Å². The number of hydrogen-bond donors (Lipinski definition) is 2. The minimum Gasteiger partial charge on any atom is -0.357 e. The number of hydrogen-bond acceptors (Lipinski definition) is 4. The summed E-state index contributed by atoms with van der Waals surface area (Å²) in [6.45, 7) is 3.54. The molecular weight excluding hydrogens is 535 g/mol. The molecule has 0 heterocycles. The highest BCUT2D eigenvalue weighted by Crippen LogP contribution is 2.25. The second-order valence-corrected chi connectivity index (χ2v) is 10.1. The third-order valence-electron chi connectivity index (χ3n) is 6.34. The fraction of sp³-hybridized carbons (Fsp3) is 0.393. The highest BCUT2D eigenvalue weighted by Gasteiger charge is 2.37. The second-order valence-electron chi connectivity index (χ2n) is 10.1. The minimum absolute atomic E-state index is 0.00542. The van der Waals surface area contributed by atoms with Crippen molar-refractivity contribution < 1.29 is 36.3 Å². The van der Waals surface area contributed by atoms with Gasteiger partial charge in [-0.15, -0.1) is 0 Å². The van der Waals surface area contributed by atoms with E-state index in [9.17, 15) is 36.3 Å². The molecule has 0 fully saturated rings. The van der Waals surface area contributed by atoms with Crippen LogP contribution in [0.15, 0.2) is 42.5 Å². The van der Waals surface area contributed by atoms with Crippen molar-refractivity contribution in [3.8, 4) is 0 Å². The molecule has 0 saturated heterocycles. The SMILES string of the molecule is CNC(=O)C(Cc1c(F)c(F)c(F)c(F)c1F)N(C)C(=O)C(Cc1ccccc1)N(C)C(=O)/C=C/CC(C)(C)N. The van der Waals surface area contributed by atoms with Crippen LogP contribution in [0.25, 0.3) is 0 Å². The molecule has 0 aliphatic rings. The number of rotatable bonds is 11. The van der Waals surface area contributed by atoms with Crippen molar-refractivity contribution in [3.63, 3.8) is 0 Å². The molecule has 0 aromatic heterocycles. The predicted molar refractivity (Wildman–Crippen MR) is 139 cm³/mol. The normalized spacial score (nSPS) is 13.2. The quantitative estimate of drug-likeness (QED) is 0.188. The van der Waals surface area contributed by atoms with Gasteiger partial charge in [0.25, 0.3) is 0 Å². The predicted octanol–water partition coefficient (Wildman–Crippen LogP) is 3.25. The molecule has 2 unspecified atom stereocenters. The molecule has 0 aliphatic carbocycles. The molecule has 2 atom stereocenters. The Morgan fingerprint density at radius 1 is 0.875 bits per heavy atom. The van der Waals surface area contributed by atoms with Crippen LogP contribution in [-0.4, -0.2) is 66.3 Å². The summed E-state index contributed by atoms with van der Waals surface area (Å²) in [6, 6.07) is 5.77. The van der Waals surface area contributed by atoms with Gasteiger partial charge >= 0.3 is 0 Å². The van der Waals surface area contributed by atoms with E-state index in [2.05, 4.69) is 5.32 Å². The fourth-order valence-electron chi connectivity index (χ4n) is 3.95. The monoisotopic (exact) mass is 568 g/mol. The van der Waals surface area contributed by atoms with E-state index in [0.29, 0.717) is 12.0 Å². The number of amides is 3. The van der Waals surface area contributed by atoms with Gasteiger partial charge in [-0.2, -0.15) is 0 Å². The van der Waals surface area contributed by atoms with Crippen LogP contribution in [0.3, 0.4) is 0 Å². The molecule has 3 amide bonds. The van der Waals surface area contributed by atoms with E-state index in [4.69, 9.17) is 5.73 Å². The topological polar surface area (TPSA) is 95.7 Å². The fourth-order valence-corrected chi connectivity index (χ4v) is 3.95. The molecule has 40 heavy (non-hydrogen) atoms. The molecule has 12 heteroatoms.